The van der Waals surface area contributed by atoms with Crippen LogP contribution in [0.2, 0.25) is 0 Å². The zero-order valence-corrected chi connectivity index (χ0v) is 56.9. The highest BCUT2D eigenvalue weighted by Crippen LogP contribution is 2.43. The fraction of sp³-hybridized carbons (Fsp3) is 0.688. The van der Waals surface area contributed by atoms with Gasteiger partial charge in [0.25, 0.3) is 0 Å². The molecule has 9 nitrogen and oxygen atoms in total. The second-order valence-corrected chi connectivity index (χ2v) is 24.8. The van der Waals surface area contributed by atoms with Gasteiger partial charge in [0.15, 0.2) is 6.10 Å². The Morgan fingerprint density at radius 1 is 0.356 bits per heavy atom. The monoisotopic (exact) mass is 1230 g/mol. The molecular weight excluding hydrogens is 1100 g/mol. The van der Waals surface area contributed by atoms with E-state index in [1.807, 2.05) is 0 Å². The maximum atomic E-state index is 12.8. The predicted molar refractivity (Wildman–Crippen MR) is 376 cm³/mol. The topological polar surface area (TPSA) is 134 Å². The van der Waals surface area contributed by atoms with E-state index in [-0.39, 0.29) is 38.6 Å². The van der Waals surface area contributed by atoms with E-state index in [9.17, 15) is 19.0 Å². The summed E-state index contributed by atoms with van der Waals surface area (Å²) in [5, 5.41) is 0. The molecule has 0 radical (unpaired) electrons. The van der Waals surface area contributed by atoms with Gasteiger partial charge in [0.2, 0.25) is 0 Å². The third kappa shape index (κ3) is 71.1. The van der Waals surface area contributed by atoms with Crippen molar-refractivity contribution in [1.29, 1.82) is 0 Å². The summed E-state index contributed by atoms with van der Waals surface area (Å²) in [6, 6.07) is 0. The molecule has 0 bridgehead atoms. The van der Waals surface area contributed by atoms with Crippen LogP contribution >= 0.6 is 7.82 Å². The minimum atomic E-state index is -4.41. The highest BCUT2D eigenvalue weighted by Gasteiger charge is 2.26. The Bertz CT molecular complexity index is 1890. The van der Waals surface area contributed by atoms with Crippen LogP contribution in [0, 0.1) is 0 Å². The summed E-state index contributed by atoms with van der Waals surface area (Å²) in [6.45, 7) is 3.60. The van der Waals surface area contributed by atoms with Crippen LogP contribution in [0.1, 0.15) is 309 Å². The van der Waals surface area contributed by atoms with Crippen LogP contribution in [0.25, 0.3) is 0 Å². The molecule has 10 heteroatoms. The van der Waals surface area contributed by atoms with Gasteiger partial charge in [-0.25, -0.2) is 4.57 Å². The number of carbonyl (C=O) groups is 2. The molecular formula is C77H132NO8P. The molecule has 2 unspecified atom stereocenters. The van der Waals surface area contributed by atoms with Crippen molar-refractivity contribution in [1.82, 2.24) is 0 Å². The van der Waals surface area contributed by atoms with Crippen LogP contribution in [0.15, 0.2) is 134 Å². The Kier molecular flexibility index (Phi) is 68.1. The molecule has 0 saturated heterocycles. The van der Waals surface area contributed by atoms with Crippen molar-refractivity contribution in [2.24, 2.45) is 5.73 Å². The molecule has 0 aliphatic heterocycles. The Morgan fingerprint density at radius 2 is 0.632 bits per heavy atom. The minimum Gasteiger partial charge on any atom is -0.462 e. The van der Waals surface area contributed by atoms with Gasteiger partial charge < -0.3 is 20.1 Å². The summed E-state index contributed by atoms with van der Waals surface area (Å²) < 4.78 is 33.1. The smallest absolute Gasteiger partial charge is 0.462 e. The van der Waals surface area contributed by atoms with Gasteiger partial charge in [-0.3, -0.25) is 18.6 Å². The molecule has 498 valence electrons. The number of ether oxygens (including phenoxy) is 2. The van der Waals surface area contributed by atoms with E-state index in [0.29, 0.717) is 6.42 Å². The minimum absolute atomic E-state index is 0.0433. The SMILES string of the molecule is CC/C=C\C/C=C\C/C=C\C/C=C\C/C=C\C/C=C\C/C=C\C/C=C\CCCCCCC(=O)OC(COC(=O)CCCCCCCCCCCCCCCCCCCCCCCC/C=C\C/C=C\C/C=C\CCCCCCC)COP(=O)(O)OCCN. The third-order valence-electron chi connectivity index (χ3n) is 15.0. The molecule has 0 fully saturated rings. The van der Waals surface area contributed by atoms with Gasteiger partial charge >= 0.3 is 19.8 Å². The second-order valence-electron chi connectivity index (χ2n) is 23.4. The number of phosphoric acid groups is 1. The predicted octanol–water partition coefficient (Wildman–Crippen LogP) is 23.6. The molecule has 0 rings (SSSR count). The number of hydrogen-bond acceptors (Lipinski definition) is 8. The molecule has 87 heavy (non-hydrogen) atoms. The molecule has 0 aromatic rings. The van der Waals surface area contributed by atoms with Crippen molar-refractivity contribution in [3.63, 3.8) is 0 Å². The van der Waals surface area contributed by atoms with E-state index < -0.39 is 26.5 Å². The molecule has 0 amide bonds. The Morgan fingerprint density at radius 3 is 0.943 bits per heavy atom. The molecule has 0 aromatic heterocycles. The molecule has 0 saturated carbocycles. The van der Waals surface area contributed by atoms with E-state index in [0.717, 1.165) is 109 Å². The van der Waals surface area contributed by atoms with Crippen molar-refractivity contribution in [2.45, 2.75) is 315 Å². The normalized spacial score (nSPS) is 13.7. The summed E-state index contributed by atoms with van der Waals surface area (Å²) in [4.78, 5) is 35.4. The molecule has 3 N–H and O–H groups in total. The van der Waals surface area contributed by atoms with Gasteiger partial charge in [0.05, 0.1) is 13.2 Å². The first-order chi connectivity index (χ1) is 42.8. The number of allylic oxidation sites excluding steroid dienone is 22. The Labute approximate surface area is 535 Å². The summed E-state index contributed by atoms with van der Waals surface area (Å²) >= 11 is 0. The summed E-state index contributed by atoms with van der Waals surface area (Å²) in [6.07, 6.45) is 101. The van der Waals surface area contributed by atoms with Crippen molar-refractivity contribution in [3.05, 3.63) is 134 Å². The number of unbranched alkanes of at least 4 members (excludes halogenated alkanes) is 31. The number of nitrogens with two attached hydrogens (primary N) is 1. The molecule has 0 heterocycles. The standard InChI is InChI=1S/C77H132NO8P/c1-3-5-7-9-11-13-15-17-19-21-23-25-27-29-31-33-34-35-36-37-38-39-40-42-43-45-47-49-51-53-55-57-59-61-63-65-67-69-76(79)83-73-75(74-85-87(81,82)84-72-71-78)86-77(80)70-68-66-64-62-60-58-56-54-52-50-48-46-44-41-32-30-28-26-24-22-20-18-16-14-12-10-8-6-4-2/h6,8,12,14-15,17-18,20-21,23-24,26-27,29-30,32,44,46,50,52,56,58,75H,3-5,7,9-11,13,16,19,22,25,28,31,33-43,45,47-49,51,53-55,57,59-74,78H2,1-2H3,(H,81,82)/b8-6-,14-12-,17-15-,20-18-,23-21-,26-24-,29-27-,32-30-,46-44-,52-50-,58-56-. The summed E-state index contributed by atoms with van der Waals surface area (Å²) in [5.41, 5.74) is 5.40. The van der Waals surface area contributed by atoms with E-state index in [1.165, 1.54) is 167 Å². The third-order valence-corrected chi connectivity index (χ3v) is 16.0. The van der Waals surface area contributed by atoms with Gasteiger partial charge in [-0.1, -0.05) is 314 Å². The fourth-order valence-corrected chi connectivity index (χ4v) is 10.5. The largest absolute Gasteiger partial charge is 0.472 e. The zero-order chi connectivity index (χ0) is 63.0. The first kappa shape index (κ1) is 83.2. The van der Waals surface area contributed by atoms with Crippen molar-refractivity contribution in [3.8, 4) is 0 Å². The second kappa shape index (κ2) is 71.2. The molecule has 0 aliphatic carbocycles. The van der Waals surface area contributed by atoms with Crippen LogP contribution in [-0.4, -0.2) is 49.3 Å². The average molecular weight is 1230 g/mol. The lowest BCUT2D eigenvalue weighted by Gasteiger charge is -2.19. The van der Waals surface area contributed by atoms with Crippen molar-refractivity contribution < 1.29 is 37.6 Å². The average Bonchev–Trinajstić information content (AvgIpc) is 3.63. The molecule has 0 aliphatic rings. The summed E-state index contributed by atoms with van der Waals surface area (Å²) in [7, 11) is -4.41. The highest BCUT2D eigenvalue weighted by atomic mass is 31.2. The Balaban J connectivity index is 3.91. The molecule has 0 spiro atoms. The maximum Gasteiger partial charge on any atom is 0.472 e. The van der Waals surface area contributed by atoms with Crippen molar-refractivity contribution >= 4 is 19.8 Å². The first-order valence-corrected chi connectivity index (χ1v) is 37.2. The van der Waals surface area contributed by atoms with Gasteiger partial charge in [0.1, 0.15) is 6.61 Å². The number of rotatable bonds is 66. The highest BCUT2D eigenvalue weighted by molar-refractivity contribution is 7.47. The number of esters is 2. The van der Waals surface area contributed by atoms with Gasteiger partial charge in [-0.05, 0) is 116 Å². The zero-order valence-electron chi connectivity index (χ0n) is 56.0. The van der Waals surface area contributed by atoms with E-state index in [4.69, 9.17) is 24.3 Å². The van der Waals surface area contributed by atoms with E-state index >= 15 is 0 Å². The lowest BCUT2D eigenvalue weighted by molar-refractivity contribution is -0.161. The van der Waals surface area contributed by atoms with Gasteiger partial charge in [-0.2, -0.15) is 0 Å². The van der Waals surface area contributed by atoms with E-state index in [1.54, 1.807) is 0 Å². The molecule has 0 aromatic carbocycles. The quantitative estimate of drug-likeness (QED) is 0.0264. The fourth-order valence-electron chi connectivity index (χ4n) is 9.78. The maximum absolute atomic E-state index is 12.8. The number of carbonyl (C=O) groups excluding carboxylic acids is 2. The lowest BCUT2D eigenvalue weighted by Crippen LogP contribution is -2.29. The summed E-state index contributed by atoms with van der Waals surface area (Å²) in [5.74, 6) is -0.855. The van der Waals surface area contributed by atoms with Crippen LogP contribution < -0.4 is 5.73 Å². The van der Waals surface area contributed by atoms with Crippen LogP contribution in [0.5, 0.6) is 0 Å². The van der Waals surface area contributed by atoms with Crippen LogP contribution in [-0.2, 0) is 32.7 Å². The van der Waals surface area contributed by atoms with Crippen LogP contribution in [0.4, 0.5) is 0 Å². The lowest BCUT2D eigenvalue weighted by atomic mass is 10.0. The van der Waals surface area contributed by atoms with E-state index in [2.05, 4.69) is 148 Å². The van der Waals surface area contributed by atoms with Gasteiger partial charge in [-0.15, -0.1) is 0 Å². The Hall–Kier alpha value is -3.85. The number of phosphoric ester groups is 1. The van der Waals surface area contributed by atoms with Gasteiger partial charge in [0, 0.05) is 19.4 Å². The van der Waals surface area contributed by atoms with Crippen LogP contribution in [0.3, 0.4) is 0 Å². The first-order valence-electron chi connectivity index (χ1n) is 35.7. The number of hydrogen-bond donors (Lipinski definition) is 2. The molecule has 2 atom stereocenters. The van der Waals surface area contributed by atoms with Crippen molar-refractivity contribution in [2.75, 3.05) is 26.4 Å².